The van der Waals surface area contributed by atoms with Gasteiger partial charge in [-0.05, 0) is 25.1 Å². The Labute approximate surface area is 111 Å². The fraction of sp³-hybridized carbons (Fsp3) is 0.154. The molecule has 0 aliphatic rings. The van der Waals surface area contributed by atoms with E-state index in [0.29, 0.717) is 11.4 Å². The number of benzene rings is 1. The van der Waals surface area contributed by atoms with Crippen LogP contribution in [-0.2, 0) is 0 Å². The first-order valence-electron chi connectivity index (χ1n) is 5.69. The van der Waals surface area contributed by atoms with Gasteiger partial charge in [0.2, 0.25) is 0 Å². The standard InChI is InChI=1S/C13H14N6/c1-9-12(18-15)16-8-17-13(9)19(2)11-5-3-4-10(6-11)7-14/h3-6,8H,15H2,1-2H3,(H,16,17,18). The highest BCUT2D eigenvalue weighted by Crippen LogP contribution is 2.27. The molecule has 96 valence electrons. The minimum Gasteiger partial charge on any atom is -0.329 e. The molecule has 0 unspecified atom stereocenters. The maximum Gasteiger partial charge on any atom is 0.148 e. The smallest absolute Gasteiger partial charge is 0.148 e. The van der Waals surface area contributed by atoms with E-state index in [4.69, 9.17) is 11.1 Å². The molecule has 0 aliphatic heterocycles. The average molecular weight is 254 g/mol. The maximum absolute atomic E-state index is 8.93. The van der Waals surface area contributed by atoms with Crippen LogP contribution in [0.4, 0.5) is 17.3 Å². The second-order valence-electron chi connectivity index (χ2n) is 4.04. The van der Waals surface area contributed by atoms with E-state index in [1.165, 1.54) is 6.33 Å². The quantitative estimate of drug-likeness (QED) is 0.640. The van der Waals surface area contributed by atoms with E-state index >= 15 is 0 Å². The Balaban J connectivity index is 2.44. The molecule has 6 heteroatoms. The summed E-state index contributed by atoms with van der Waals surface area (Å²) >= 11 is 0. The van der Waals surface area contributed by atoms with Gasteiger partial charge in [-0.2, -0.15) is 5.26 Å². The van der Waals surface area contributed by atoms with Gasteiger partial charge >= 0.3 is 0 Å². The number of nitrogens with two attached hydrogens (primary N) is 1. The highest BCUT2D eigenvalue weighted by Gasteiger charge is 2.12. The van der Waals surface area contributed by atoms with Crippen molar-refractivity contribution in [3.05, 3.63) is 41.7 Å². The third kappa shape index (κ3) is 2.46. The molecule has 1 aromatic heterocycles. The minimum absolute atomic E-state index is 0.577. The zero-order valence-corrected chi connectivity index (χ0v) is 10.8. The van der Waals surface area contributed by atoms with Crippen LogP contribution in [0.5, 0.6) is 0 Å². The fourth-order valence-corrected chi connectivity index (χ4v) is 1.83. The lowest BCUT2D eigenvalue weighted by Crippen LogP contribution is -2.16. The van der Waals surface area contributed by atoms with Crippen LogP contribution in [0.15, 0.2) is 30.6 Å². The van der Waals surface area contributed by atoms with Crippen LogP contribution < -0.4 is 16.2 Å². The molecule has 0 amide bonds. The van der Waals surface area contributed by atoms with Crippen molar-refractivity contribution >= 4 is 17.3 Å². The number of anilines is 3. The van der Waals surface area contributed by atoms with Crippen molar-refractivity contribution in [2.75, 3.05) is 17.4 Å². The molecule has 1 aromatic carbocycles. The van der Waals surface area contributed by atoms with Gasteiger partial charge in [-0.15, -0.1) is 0 Å². The number of hydrogen-bond acceptors (Lipinski definition) is 6. The summed E-state index contributed by atoms with van der Waals surface area (Å²) < 4.78 is 0. The van der Waals surface area contributed by atoms with Crippen LogP contribution in [0, 0.1) is 18.3 Å². The largest absolute Gasteiger partial charge is 0.329 e. The van der Waals surface area contributed by atoms with E-state index in [9.17, 15) is 0 Å². The Morgan fingerprint density at radius 3 is 2.84 bits per heavy atom. The van der Waals surface area contributed by atoms with Crippen LogP contribution >= 0.6 is 0 Å². The number of nitriles is 1. The van der Waals surface area contributed by atoms with Gasteiger partial charge in [-0.1, -0.05) is 6.07 Å². The van der Waals surface area contributed by atoms with E-state index in [-0.39, 0.29) is 0 Å². The summed E-state index contributed by atoms with van der Waals surface area (Å²) in [5.41, 5.74) is 4.86. The lowest BCUT2D eigenvalue weighted by atomic mass is 10.2. The van der Waals surface area contributed by atoms with Gasteiger partial charge in [-0.3, -0.25) is 0 Å². The molecule has 2 aromatic rings. The third-order valence-electron chi connectivity index (χ3n) is 2.87. The predicted molar refractivity (Wildman–Crippen MR) is 73.8 cm³/mol. The number of nitrogens with zero attached hydrogens (tertiary/aromatic N) is 4. The first-order chi connectivity index (χ1) is 9.17. The zero-order valence-electron chi connectivity index (χ0n) is 10.8. The topological polar surface area (TPSA) is 90.9 Å². The van der Waals surface area contributed by atoms with Gasteiger partial charge in [0.15, 0.2) is 0 Å². The molecule has 0 saturated carbocycles. The van der Waals surface area contributed by atoms with Crippen LogP contribution in [0.2, 0.25) is 0 Å². The Morgan fingerprint density at radius 2 is 2.16 bits per heavy atom. The molecule has 0 radical (unpaired) electrons. The summed E-state index contributed by atoms with van der Waals surface area (Å²) in [7, 11) is 1.88. The van der Waals surface area contributed by atoms with E-state index < -0.39 is 0 Å². The molecule has 0 bridgehead atoms. The first-order valence-corrected chi connectivity index (χ1v) is 5.69. The number of aromatic nitrogens is 2. The molecule has 0 saturated heterocycles. The maximum atomic E-state index is 8.93. The van der Waals surface area contributed by atoms with Crippen molar-refractivity contribution in [2.24, 2.45) is 5.84 Å². The Hall–Kier alpha value is -2.65. The molecular formula is C13H14N6. The number of hydrogen-bond donors (Lipinski definition) is 2. The van der Waals surface area contributed by atoms with Crippen molar-refractivity contribution in [1.29, 1.82) is 5.26 Å². The summed E-state index contributed by atoms with van der Waals surface area (Å²) in [6.45, 7) is 1.88. The molecule has 1 heterocycles. The van der Waals surface area contributed by atoms with Crippen LogP contribution in [0.3, 0.4) is 0 Å². The Bertz CT molecular complexity index is 631. The minimum atomic E-state index is 0.577. The second-order valence-corrected chi connectivity index (χ2v) is 4.04. The van der Waals surface area contributed by atoms with Gasteiger partial charge in [0.25, 0.3) is 0 Å². The Kier molecular flexibility index (Phi) is 3.59. The van der Waals surface area contributed by atoms with Crippen LogP contribution in [0.1, 0.15) is 11.1 Å². The number of nitrogens with one attached hydrogen (secondary N) is 1. The van der Waals surface area contributed by atoms with Crippen molar-refractivity contribution in [2.45, 2.75) is 6.92 Å². The summed E-state index contributed by atoms with van der Waals surface area (Å²) in [5, 5.41) is 8.93. The monoisotopic (exact) mass is 254 g/mol. The van der Waals surface area contributed by atoms with E-state index in [1.54, 1.807) is 12.1 Å². The molecule has 0 aliphatic carbocycles. The zero-order chi connectivity index (χ0) is 13.8. The molecule has 0 spiro atoms. The summed E-state index contributed by atoms with van der Waals surface area (Å²) in [5.74, 6) is 6.71. The molecule has 6 nitrogen and oxygen atoms in total. The molecule has 2 rings (SSSR count). The molecule has 19 heavy (non-hydrogen) atoms. The van der Waals surface area contributed by atoms with Gasteiger partial charge in [0.05, 0.1) is 11.6 Å². The highest BCUT2D eigenvalue weighted by atomic mass is 15.3. The van der Waals surface area contributed by atoms with E-state index in [2.05, 4.69) is 21.5 Å². The van der Waals surface area contributed by atoms with E-state index in [0.717, 1.165) is 17.1 Å². The number of rotatable bonds is 3. The van der Waals surface area contributed by atoms with Gasteiger partial charge < -0.3 is 10.3 Å². The van der Waals surface area contributed by atoms with Crippen molar-refractivity contribution < 1.29 is 0 Å². The van der Waals surface area contributed by atoms with Gasteiger partial charge in [-0.25, -0.2) is 15.8 Å². The predicted octanol–water partition coefficient (Wildman–Crippen LogP) is 1.71. The van der Waals surface area contributed by atoms with Crippen LogP contribution in [0.25, 0.3) is 0 Å². The molecule has 3 N–H and O–H groups in total. The summed E-state index contributed by atoms with van der Waals surface area (Å²) in [4.78, 5) is 10.2. The Morgan fingerprint density at radius 1 is 1.37 bits per heavy atom. The van der Waals surface area contributed by atoms with Gasteiger partial charge in [0.1, 0.15) is 18.0 Å². The second kappa shape index (κ2) is 5.33. The van der Waals surface area contributed by atoms with E-state index in [1.807, 2.05) is 31.0 Å². The lowest BCUT2D eigenvalue weighted by Gasteiger charge is -2.21. The third-order valence-corrected chi connectivity index (χ3v) is 2.87. The molecule has 0 fully saturated rings. The van der Waals surface area contributed by atoms with Crippen molar-refractivity contribution in [1.82, 2.24) is 9.97 Å². The van der Waals surface area contributed by atoms with Crippen LogP contribution in [-0.4, -0.2) is 17.0 Å². The summed E-state index contributed by atoms with van der Waals surface area (Å²) in [6, 6.07) is 9.43. The fourth-order valence-electron chi connectivity index (χ4n) is 1.83. The summed E-state index contributed by atoms with van der Waals surface area (Å²) in [6.07, 6.45) is 1.45. The normalized spacial score (nSPS) is 9.79. The number of hydrazine groups is 1. The molecular weight excluding hydrogens is 240 g/mol. The molecule has 0 atom stereocenters. The van der Waals surface area contributed by atoms with Crippen molar-refractivity contribution in [3.63, 3.8) is 0 Å². The first kappa shape index (κ1) is 12.8. The SMILES string of the molecule is Cc1c(NN)ncnc1N(C)c1cccc(C#N)c1. The van der Waals surface area contributed by atoms with Gasteiger partial charge in [0, 0.05) is 18.3 Å². The lowest BCUT2D eigenvalue weighted by molar-refractivity contribution is 1.04. The highest BCUT2D eigenvalue weighted by molar-refractivity contribution is 5.67. The average Bonchev–Trinajstić information content (AvgIpc) is 2.47. The van der Waals surface area contributed by atoms with Crippen molar-refractivity contribution in [3.8, 4) is 6.07 Å². The number of nitrogen functional groups attached to an aromatic ring is 1.